The predicted molar refractivity (Wildman–Crippen MR) is 49.7 cm³/mol. The lowest BCUT2D eigenvalue weighted by Gasteiger charge is -2.07. The molecule has 0 spiro atoms. The monoisotopic (exact) mass is 194 g/mol. The van der Waals surface area contributed by atoms with Crippen molar-refractivity contribution < 1.29 is 14.3 Å². The summed E-state index contributed by atoms with van der Waals surface area (Å²) in [5.41, 5.74) is 1.59. The summed E-state index contributed by atoms with van der Waals surface area (Å²) in [7, 11) is 0. The summed E-state index contributed by atoms with van der Waals surface area (Å²) in [5, 5.41) is 8.68. The number of halogens is 1. The van der Waals surface area contributed by atoms with Crippen molar-refractivity contribution in [3.8, 4) is 0 Å². The van der Waals surface area contributed by atoms with Crippen molar-refractivity contribution in [3.63, 3.8) is 0 Å². The Morgan fingerprint density at radius 1 is 1.57 bits per heavy atom. The molecule has 1 aliphatic rings. The summed E-state index contributed by atoms with van der Waals surface area (Å²) in [6, 6.07) is 4.91. The normalized spacial score (nSPS) is 19.4. The van der Waals surface area contributed by atoms with Gasteiger partial charge in [0, 0.05) is 0 Å². The zero-order chi connectivity index (χ0) is 10.1. The van der Waals surface area contributed by atoms with Crippen molar-refractivity contribution >= 4 is 5.97 Å². The number of fused-ring (bicyclic) bond motifs is 1. The second-order valence-electron chi connectivity index (χ2n) is 3.64. The largest absolute Gasteiger partial charge is 0.481 e. The Hall–Kier alpha value is -1.38. The van der Waals surface area contributed by atoms with Crippen molar-refractivity contribution in [3.05, 3.63) is 35.1 Å². The van der Waals surface area contributed by atoms with Crippen LogP contribution in [0.1, 0.15) is 29.9 Å². The average molecular weight is 194 g/mol. The van der Waals surface area contributed by atoms with Gasteiger partial charge in [0.05, 0.1) is 6.42 Å². The molecule has 3 heteroatoms. The molecule has 0 fully saturated rings. The Kier molecular flexibility index (Phi) is 2.23. The molecule has 14 heavy (non-hydrogen) atoms. The minimum atomic E-state index is -0.813. The molecular weight excluding hydrogens is 183 g/mol. The fraction of sp³-hybridized carbons (Fsp3) is 0.364. The van der Waals surface area contributed by atoms with Gasteiger partial charge in [-0.2, -0.15) is 0 Å². The SMILES string of the molecule is O=C(O)CC1CCc2c(F)cccc21. The van der Waals surface area contributed by atoms with E-state index in [0.29, 0.717) is 12.0 Å². The number of benzene rings is 1. The number of rotatable bonds is 2. The Morgan fingerprint density at radius 3 is 3.07 bits per heavy atom. The zero-order valence-corrected chi connectivity index (χ0v) is 7.66. The molecule has 0 bridgehead atoms. The van der Waals surface area contributed by atoms with Crippen LogP contribution in [-0.4, -0.2) is 11.1 Å². The fourth-order valence-corrected chi connectivity index (χ4v) is 2.12. The molecule has 0 heterocycles. The van der Waals surface area contributed by atoms with Crippen LogP contribution >= 0.6 is 0 Å². The lowest BCUT2D eigenvalue weighted by Crippen LogP contribution is -2.03. The maximum atomic E-state index is 13.3. The van der Waals surface area contributed by atoms with Crippen LogP contribution in [0.25, 0.3) is 0 Å². The standard InChI is InChI=1S/C11H11FO2/c12-10-3-1-2-8-7(6-11(13)14)4-5-9(8)10/h1-3,7H,4-6H2,(H,13,14). The van der Waals surface area contributed by atoms with Crippen molar-refractivity contribution in [2.45, 2.75) is 25.2 Å². The Morgan fingerprint density at radius 2 is 2.36 bits per heavy atom. The van der Waals surface area contributed by atoms with Crippen LogP contribution in [0.2, 0.25) is 0 Å². The highest BCUT2D eigenvalue weighted by molar-refractivity contribution is 5.68. The maximum absolute atomic E-state index is 13.3. The molecule has 0 saturated heterocycles. The molecule has 1 unspecified atom stereocenters. The number of carboxylic acid groups (broad SMARTS) is 1. The van der Waals surface area contributed by atoms with Crippen LogP contribution in [0, 0.1) is 5.82 Å². The van der Waals surface area contributed by atoms with Gasteiger partial charge < -0.3 is 5.11 Å². The summed E-state index contributed by atoms with van der Waals surface area (Å²) in [5.74, 6) is -1.01. The lowest BCUT2D eigenvalue weighted by molar-refractivity contribution is -0.137. The van der Waals surface area contributed by atoms with Gasteiger partial charge in [-0.1, -0.05) is 12.1 Å². The second-order valence-corrected chi connectivity index (χ2v) is 3.64. The van der Waals surface area contributed by atoms with E-state index >= 15 is 0 Å². The summed E-state index contributed by atoms with van der Waals surface area (Å²) in [4.78, 5) is 10.6. The van der Waals surface area contributed by atoms with Crippen LogP contribution in [0.4, 0.5) is 4.39 Å². The van der Waals surface area contributed by atoms with Crippen LogP contribution in [0.5, 0.6) is 0 Å². The number of aliphatic carboxylic acids is 1. The molecule has 2 nitrogen and oxygen atoms in total. The highest BCUT2D eigenvalue weighted by Gasteiger charge is 2.26. The Bertz CT molecular complexity index is 374. The molecule has 2 rings (SSSR count). The lowest BCUT2D eigenvalue weighted by atomic mass is 9.98. The van der Waals surface area contributed by atoms with Crippen molar-refractivity contribution in [2.75, 3.05) is 0 Å². The quantitative estimate of drug-likeness (QED) is 0.784. The first kappa shape index (κ1) is 9.19. The first-order valence-electron chi connectivity index (χ1n) is 4.67. The van der Waals surface area contributed by atoms with Crippen molar-refractivity contribution in [1.29, 1.82) is 0 Å². The van der Waals surface area contributed by atoms with Crippen LogP contribution in [-0.2, 0) is 11.2 Å². The average Bonchev–Trinajstić information content (AvgIpc) is 2.49. The number of hydrogen-bond donors (Lipinski definition) is 1. The first-order valence-corrected chi connectivity index (χ1v) is 4.67. The van der Waals surface area contributed by atoms with Gasteiger partial charge in [0.25, 0.3) is 0 Å². The van der Waals surface area contributed by atoms with E-state index in [4.69, 9.17) is 5.11 Å². The molecule has 1 atom stereocenters. The van der Waals surface area contributed by atoms with Gasteiger partial charge >= 0.3 is 5.97 Å². The first-order chi connectivity index (χ1) is 6.68. The highest BCUT2D eigenvalue weighted by atomic mass is 19.1. The van der Waals surface area contributed by atoms with Crippen molar-refractivity contribution in [2.24, 2.45) is 0 Å². The van der Waals surface area contributed by atoms with Gasteiger partial charge in [0.2, 0.25) is 0 Å². The molecule has 1 aromatic rings. The predicted octanol–water partition coefficient (Wildman–Crippen LogP) is 2.33. The smallest absolute Gasteiger partial charge is 0.303 e. The fourth-order valence-electron chi connectivity index (χ4n) is 2.12. The van der Waals surface area contributed by atoms with E-state index in [1.165, 1.54) is 6.07 Å². The van der Waals surface area contributed by atoms with Gasteiger partial charge in [-0.3, -0.25) is 4.79 Å². The summed E-state index contributed by atoms with van der Waals surface area (Å²) >= 11 is 0. The molecule has 0 radical (unpaired) electrons. The van der Waals surface area contributed by atoms with E-state index < -0.39 is 5.97 Å². The van der Waals surface area contributed by atoms with Gasteiger partial charge in [-0.25, -0.2) is 4.39 Å². The molecule has 0 amide bonds. The Balaban J connectivity index is 2.30. The molecule has 1 aromatic carbocycles. The van der Waals surface area contributed by atoms with E-state index in [1.807, 2.05) is 6.07 Å². The van der Waals surface area contributed by atoms with Crippen molar-refractivity contribution in [1.82, 2.24) is 0 Å². The van der Waals surface area contributed by atoms with Crippen LogP contribution < -0.4 is 0 Å². The third-order valence-electron chi connectivity index (χ3n) is 2.76. The third-order valence-corrected chi connectivity index (χ3v) is 2.76. The van der Waals surface area contributed by atoms with E-state index in [2.05, 4.69) is 0 Å². The maximum Gasteiger partial charge on any atom is 0.303 e. The number of carboxylic acids is 1. The second kappa shape index (κ2) is 3.40. The topological polar surface area (TPSA) is 37.3 Å². The molecule has 1 aliphatic carbocycles. The van der Waals surface area contributed by atoms with Gasteiger partial charge in [-0.05, 0) is 36.0 Å². The molecule has 0 aliphatic heterocycles. The molecule has 1 N–H and O–H groups in total. The minimum Gasteiger partial charge on any atom is -0.481 e. The van der Waals surface area contributed by atoms with Crippen LogP contribution in [0.3, 0.4) is 0 Å². The molecular formula is C11H11FO2. The van der Waals surface area contributed by atoms with E-state index in [-0.39, 0.29) is 18.2 Å². The van der Waals surface area contributed by atoms with E-state index in [0.717, 1.165) is 12.0 Å². The van der Waals surface area contributed by atoms with Gasteiger partial charge in [0.15, 0.2) is 0 Å². The summed E-state index contributed by atoms with van der Waals surface area (Å²) in [6.07, 6.45) is 1.53. The summed E-state index contributed by atoms with van der Waals surface area (Å²) < 4.78 is 13.3. The van der Waals surface area contributed by atoms with E-state index in [9.17, 15) is 9.18 Å². The highest BCUT2D eigenvalue weighted by Crippen LogP contribution is 2.36. The zero-order valence-electron chi connectivity index (χ0n) is 7.66. The molecule has 0 aromatic heterocycles. The third kappa shape index (κ3) is 1.50. The number of carbonyl (C=O) groups is 1. The van der Waals surface area contributed by atoms with Crippen LogP contribution in [0.15, 0.2) is 18.2 Å². The molecule has 0 saturated carbocycles. The van der Waals surface area contributed by atoms with E-state index in [1.54, 1.807) is 6.07 Å². The Labute approximate surface area is 81.4 Å². The van der Waals surface area contributed by atoms with Gasteiger partial charge in [-0.15, -0.1) is 0 Å². The molecule has 74 valence electrons. The summed E-state index contributed by atoms with van der Waals surface area (Å²) in [6.45, 7) is 0. The number of hydrogen-bond acceptors (Lipinski definition) is 1. The minimum absolute atomic E-state index is 0.00167. The van der Waals surface area contributed by atoms with Gasteiger partial charge in [0.1, 0.15) is 5.82 Å².